The van der Waals surface area contributed by atoms with Crippen LogP contribution >= 0.6 is 0 Å². The topological polar surface area (TPSA) is 48.5 Å². The highest BCUT2D eigenvalue weighted by molar-refractivity contribution is 6.14. The van der Waals surface area contributed by atoms with Gasteiger partial charge in [0.1, 0.15) is 0 Å². The molecule has 0 bridgehead atoms. The second kappa shape index (κ2) is 19.7. The van der Waals surface area contributed by atoms with Crippen molar-refractivity contribution in [1.82, 2.24) is 24.1 Å². The van der Waals surface area contributed by atoms with Crippen LogP contribution in [0.5, 0.6) is 0 Å². The van der Waals surface area contributed by atoms with E-state index in [2.05, 4.69) is 294 Å². The summed E-state index contributed by atoms with van der Waals surface area (Å²) in [6, 6.07) is 106. The molecule has 0 aliphatic heterocycles. The molecule has 0 radical (unpaired) electrons. The van der Waals surface area contributed by atoms with Crippen molar-refractivity contribution in [2.75, 3.05) is 0 Å². The summed E-state index contributed by atoms with van der Waals surface area (Å²) >= 11 is 0. The van der Waals surface area contributed by atoms with Gasteiger partial charge in [-0.3, -0.25) is 0 Å². The van der Waals surface area contributed by atoms with E-state index < -0.39 is 0 Å². The van der Waals surface area contributed by atoms with E-state index in [1.54, 1.807) is 0 Å². The zero-order valence-electron chi connectivity index (χ0n) is 43.5. The fourth-order valence-electron chi connectivity index (χ4n) is 11.7. The minimum absolute atomic E-state index is 0.579. The SMILES string of the molecule is c1ccc(-c2ccc(-c3nc(-c4ccc(-c5ccccc5)cc4)nc(-c4cc(-c5ccccc5)c(-n5c6ccc(-c7ccccc7)cc6c6cc(-n7c8ccccc8c8ccccc87)ccc65)c(-c5ccccc5)c4)n3)cc2)cc1. The van der Waals surface area contributed by atoms with Crippen molar-refractivity contribution in [1.29, 1.82) is 0 Å². The summed E-state index contributed by atoms with van der Waals surface area (Å²) in [6.45, 7) is 0. The Morgan fingerprint density at radius 1 is 0.200 bits per heavy atom. The van der Waals surface area contributed by atoms with Crippen molar-refractivity contribution in [3.63, 3.8) is 0 Å². The van der Waals surface area contributed by atoms with Gasteiger partial charge < -0.3 is 9.13 Å². The molecule has 5 heteroatoms. The van der Waals surface area contributed by atoms with Crippen molar-refractivity contribution < 1.29 is 0 Å². The van der Waals surface area contributed by atoms with E-state index in [1.807, 2.05) is 12.1 Å². The van der Waals surface area contributed by atoms with Crippen molar-refractivity contribution in [2.24, 2.45) is 0 Å². The van der Waals surface area contributed by atoms with E-state index in [9.17, 15) is 0 Å². The highest BCUT2D eigenvalue weighted by Gasteiger charge is 2.25. The molecule has 0 aliphatic carbocycles. The van der Waals surface area contributed by atoms with Crippen LogP contribution in [0.15, 0.2) is 297 Å². The number of hydrogen-bond acceptors (Lipinski definition) is 3. The van der Waals surface area contributed by atoms with Crippen molar-refractivity contribution in [3.8, 4) is 101 Å². The van der Waals surface area contributed by atoms with Crippen LogP contribution in [0.1, 0.15) is 0 Å². The third-order valence-corrected chi connectivity index (χ3v) is 15.6. The predicted molar refractivity (Wildman–Crippen MR) is 332 cm³/mol. The number of aromatic nitrogens is 5. The summed E-state index contributed by atoms with van der Waals surface area (Å²) in [5.74, 6) is 1.77. The van der Waals surface area contributed by atoms with Crippen LogP contribution in [0.3, 0.4) is 0 Å². The van der Waals surface area contributed by atoms with Crippen LogP contribution < -0.4 is 0 Å². The smallest absolute Gasteiger partial charge is 0.164 e. The van der Waals surface area contributed by atoms with E-state index in [1.165, 1.54) is 27.4 Å². The molecule has 12 aromatic carbocycles. The largest absolute Gasteiger partial charge is 0.309 e. The summed E-state index contributed by atoms with van der Waals surface area (Å²) in [7, 11) is 0. The Hall–Kier alpha value is -10.8. The lowest BCUT2D eigenvalue weighted by atomic mass is 9.92. The Bertz CT molecular complexity index is 4550. The number of rotatable bonds is 10. The van der Waals surface area contributed by atoms with E-state index in [0.29, 0.717) is 17.5 Å². The molecule has 0 saturated heterocycles. The first-order valence-corrected chi connectivity index (χ1v) is 27.2. The Labute approximate surface area is 463 Å². The average Bonchev–Trinajstić information content (AvgIpc) is 4.16. The van der Waals surface area contributed by atoms with Crippen molar-refractivity contribution in [3.05, 3.63) is 297 Å². The van der Waals surface area contributed by atoms with Gasteiger partial charge >= 0.3 is 0 Å². The maximum Gasteiger partial charge on any atom is 0.164 e. The number of hydrogen-bond donors (Lipinski definition) is 0. The molecule has 374 valence electrons. The van der Waals surface area contributed by atoms with Crippen molar-refractivity contribution >= 4 is 43.6 Å². The summed E-state index contributed by atoms with van der Waals surface area (Å²) < 4.78 is 4.91. The first kappa shape index (κ1) is 46.5. The summed E-state index contributed by atoms with van der Waals surface area (Å²) in [6.07, 6.45) is 0. The van der Waals surface area contributed by atoms with Gasteiger partial charge in [-0.05, 0) is 99.1 Å². The Kier molecular flexibility index (Phi) is 11.4. The van der Waals surface area contributed by atoms with E-state index in [-0.39, 0.29) is 0 Å². The summed E-state index contributed by atoms with van der Waals surface area (Å²) in [4.78, 5) is 16.1. The predicted octanol–water partition coefficient (Wildman–Crippen LogP) is 19.4. The first-order valence-electron chi connectivity index (χ1n) is 27.2. The third-order valence-electron chi connectivity index (χ3n) is 15.6. The highest BCUT2D eigenvalue weighted by atomic mass is 15.0. The lowest BCUT2D eigenvalue weighted by molar-refractivity contribution is 1.07. The van der Waals surface area contributed by atoms with E-state index in [0.717, 1.165) is 99.9 Å². The lowest BCUT2D eigenvalue weighted by Crippen LogP contribution is -2.04. The van der Waals surface area contributed by atoms with Crippen LogP contribution in [-0.2, 0) is 0 Å². The zero-order valence-corrected chi connectivity index (χ0v) is 43.5. The number of para-hydroxylation sites is 2. The molecule has 15 rings (SSSR count). The molecule has 0 fully saturated rings. The molecular weight excluding hydrogens is 971 g/mol. The quantitative estimate of drug-likeness (QED) is 0.137. The van der Waals surface area contributed by atoms with E-state index in [4.69, 9.17) is 15.0 Å². The van der Waals surface area contributed by atoms with Gasteiger partial charge in [0.15, 0.2) is 17.5 Å². The van der Waals surface area contributed by atoms with Crippen LogP contribution in [-0.4, -0.2) is 24.1 Å². The number of benzene rings is 12. The molecule has 80 heavy (non-hydrogen) atoms. The lowest BCUT2D eigenvalue weighted by Gasteiger charge is -2.21. The molecule has 0 saturated carbocycles. The molecule has 0 spiro atoms. The average molecular weight is 1020 g/mol. The van der Waals surface area contributed by atoms with Gasteiger partial charge in [0.2, 0.25) is 0 Å². The van der Waals surface area contributed by atoms with Gasteiger partial charge in [0.05, 0.1) is 27.8 Å². The molecule has 0 atom stereocenters. The Balaban J connectivity index is 0.987. The van der Waals surface area contributed by atoms with Gasteiger partial charge in [0.25, 0.3) is 0 Å². The minimum atomic E-state index is 0.579. The normalized spacial score (nSPS) is 11.5. The molecule has 5 nitrogen and oxygen atoms in total. The minimum Gasteiger partial charge on any atom is -0.309 e. The molecule has 0 N–H and O–H groups in total. The fraction of sp³-hybridized carbons (Fsp3) is 0. The van der Waals surface area contributed by atoms with E-state index >= 15 is 0 Å². The molecule has 3 heterocycles. The zero-order chi connectivity index (χ0) is 52.9. The third kappa shape index (κ3) is 8.24. The second-order valence-electron chi connectivity index (χ2n) is 20.3. The van der Waals surface area contributed by atoms with Crippen LogP contribution in [0.2, 0.25) is 0 Å². The Morgan fingerprint density at radius 3 is 0.988 bits per heavy atom. The van der Waals surface area contributed by atoms with Crippen LogP contribution in [0.25, 0.3) is 145 Å². The molecule has 15 aromatic rings. The number of fused-ring (bicyclic) bond motifs is 6. The second-order valence-corrected chi connectivity index (χ2v) is 20.3. The molecular formula is C75H49N5. The standard InChI is InChI=1S/C75H49N5/c1-6-20-50(21-7-1)53-34-38-57(39-35-53)73-76-74(58-40-36-54(37-41-58)51-22-8-2-9-23-51)78-75(77-73)60-47-64(55-26-12-4-13-27-55)72(65(48-60)56-28-14-5-15-29-56)80-70-44-42-59(52-24-10-3-11-25-52)46-66(70)67-49-61(43-45-71(67)80)79-68-32-18-16-30-62(68)63-31-17-19-33-69(63)79/h1-49H. The molecule has 0 aliphatic rings. The fourth-order valence-corrected chi connectivity index (χ4v) is 11.7. The Morgan fingerprint density at radius 2 is 0.525 bits per heavy atom. The van der Waals surface area contributed by atoms with Gasteiger partial charge in [0, 0.05) is 55.0 Å². The highest BCUT2D eigenvalue weighted by Crippen LogP contribution is 2.46. The monoisotopic (exact) mass is 1020 g/mol. The summed E-state index contributed by atoms with van der Waals surface area (Å²) in [5, 5.41) is 4.78. The van der Waals surface area contributed by atoms with Gasteiger partial charge in [-0.2, -0.15) is 0 Å². The van der Waals surface area contributed by atoms with Crippen molar-refractivity contribution in [2.45, 2.75) is 0 Å². The number of nitrogens with zero attached hydrogens (tertiary/aromatic N) is 5. The molecule has 0 unspecified atom stereocenters. The van der Waals surface area contributed by atoms with Gasteiger partial charge in [-0.25, -0.2) is 15.0 Å². The maximum absolute atomic E-state index is 5.41. The molecule has 3 aromatic heterocycles. The van der Waals surface area contributed by atoms with Gasteiger partial charge in [-0.1, -0.05) is 243 Å². The van der Waals surface area contributed by atoms with Gasteiger partial charge in [-0.15, -0.1) is 0 Å². The van der Waals surface area contributed by atoms with Crippen LogP contribution in [0, 0.1) is 0 Å². The molecule has 0 amide bonds. The summed E-state index contributed by atoms with van der Waals surface area (Å²) in [5.41, 5.74) is 20.5. The van der Waals surface area contributed by atoms with Crippen LogP contribution in [0.4, 0.5) is 0 Å². The maximum atomic E-state index is 5.41. The first-order chi connectivity index (χ1) is 39.7.